The zero-order valence-electron chi connectivity index (χ0n) is 15.5. The van der Waals surface area contributed by atoms with Crippen molar-refractivity contribution in [3.05, 3.63) is 78.0 Å². The molecule has 0 spiro atoms. The molecule has 2 aromatic heterocycles. The summed E-state index contributed by atoms with van der Waals surface area (Å²) >= 11 is 0. The molecule has 0 aliphatic rings. The molecule has 0 bridgehead atoms. The van der Waals surface area contributed by atoms with E-state index in [0.717, 1.165) is 33.3 Å². The molecule has 1 unspecified atom stereocenters. The summed E-state index contributed by atoms with van der Waals surface area (Å²) in [5.41, 5.74) is 11.1. The topological polar surface area (TPSA) is 76.8 Å². The van der Waals surface area contributed by atoms with Crippen molar-refractivity contribution in [2.75, 3.05) is 6.61 Å². The molecule has 2 heterocycles. The number of aromatic nitrogens is 3. The van der Waals surface area contributed by atoms with Gasteiger partial charge in [0.15, 0.2) is 0 Å². The Kier molecular flexibility index (Phi) is 5.04. The summed E-state index contributed by atoms with van der Waals surface area (Å²) in [4.78, 5) is 4.29. The second kappa shape index (κ2) is 7.78. The van der Waals surface area contributed by atoms with Crippen LogP contribution in [0.2, 0.25) is 0 Å². The average Bonchev–Trinajstić information content (AvgIpc) is 3.09. The van der Waals surface area contributed by atoms with Crippen LogP contribution in [-0.4, -0.2) is 27.8 Å². The van der Waals surface area contributed by atoms with Crippen molar-refractivity contribution in [1.82, 2.24) is 15.2 Å². The number of nitrogens with zero attached hydrogens (tertiary/aromatic N) is 2. The summed E-state index contributed by atoms with van der Waals surface area (Å²) in [5, 5.41) is 8.34. The lowest BCUT2D eigenvalue weighted by molar-refractivity contribution is 0.286. The minimum Gasteiger partial charge on any atom is -0.490 e. The van der Waals surface area contributed by atoms with Crippen molar-refractivity contribution in [2.24, 2.45) is 5.73 Å². The number of nitrogens with two attached hydrogens (primary N) is 1. The number of ether oxygens (including phenoxy) is 1. The molecule has 0 saturated heterocycles. The average molecular weight is 376 g/mol. The van der Waals surface area contributed by atoms with E-state index in [0.29, 0.717) is 18.8 Å². The van der Waals surface area contributed by atoms with Crippen LogP contribution in [0.15, 0.2) is 60.9 Å². The van der Waals surface area contributed by atoms with Crippen molar-refractivity contribution >= 4 is 10.9 Å². The van der Waals surface area contributed by atoms with Gasteiger partial charge in [-0.1, -0.05) is 18.2 Å². The van der Waals surface area contributed by atoms with Crippen LogP contribution in [0.5, 0.6) is 5.75 Å². The van der Waals surface area contributed by atoms with E-state index in [4.69, 9.17) is 10.5 Å². The fraction of sp³-hybridized carbons (Fsp3) is 0.182. The van der Waals surface area contributed by atoms with Crippen molar-refractivity contribution in [2.45, 2.75) is 19.4 Å². The van der Waals surface area contributed by atoms with E-state index in [1.165, 1.54) is 12.1 Å². The van der Waals surface area contributed by atoms with Gasteiger partial charge in [0, 0.05) is 28.9 Å². The van der Waals surface area contributed by atoms with Gasteiger partial charge < -0.3 is 10.5 Å². The zero-order valence-corrected chi connectivity index (χ0v) is 15.5. The van der Waals surface area contributed by atoms with Crippen LogP contribution in [0.4, 0.5) is 4.39 Å². The van der Waals surface area contributed by atoms with Crippen molar-refractivity contribution < 1.29 is 9.13 Å². The number of fused-ring (bicyclic) bond motifs is 1. The number of benzene rings is 2. The van der Waals surface area contributed by atoms with Crippen molar-refractivity contribution in [1.29, 1.82) is 0 Å². The van der Waals surface area contributed by atoms with Crippen LogP contribution in [-0.2, 0) is 6.42 Å². The van der Waals surface area contributed by atoms with E-state index < -0.39 is 0 Å². The van der Waals surface area contributed by atoms with E-state index in [2.05, 4.69) is 21.2 Å². The summed E-state index contributed by atoms with van der Waals surface area (Å²) in [6.45, 7) is 2.35. The SMILES string of the molecule is Cc1[nH]nc2ccc(-c3cncc(OCC(N)Cc4ccc(F)cc4)c3)cc12. The van der Waals surface area contributed by atoms with Crippen molar-refractivity contribution in [3.63, 3.8) is 0 Å². The molecule has 3 N–H and O–H groups in total. The van der Waals surface area contributed by atoms with Crippen LogP contribution >= 0.6 is 0 Å². The van der Waals surface area contributed by atoms with Gasteiger partial charge in [-0.15, -0.1) is 0 Å². The van der Waals surface area contributed by atoms with E-state index in [9.17, 15) is 4.39 Å². The quantitative estimate of drug-likeness (QED) is 0.533. The summed E-state index contributed by atoms with van der Waals surface area (Å²) in [7, 11) is 0. The predicted octanol–water partition coefficient (Wildman–Crippen LogP) is 4.02. The van der Waals surface area contributed by atoms with Gasteiger partial charge in [0.2, 0.25) is 0 Å². The van der Waals surface area contributed by atoms with Gasteiger partial charge in [-0.05, 0) is 54.8 Å². The molecule has 5 nitrogen and oxygen atoms in total. The standard InChI is InChI=1S/C22H21FN4O/c1-14-21-10-16(4-7-22(21)27-26-14)17-9-20(12-25-11-17)28-13-19(24)8-15-2-5-18(23)6-3-15/h2-7,9-12,19H,8,13,24H2,1H3,(H,26,27). The van der Waals surface area contributed by atoms with Crippen LogP contribution in [0.25, 0.3) is 22.0 Å². The highest BCUT2D eigenvalue weighted by Crippen LogP contribution is 2.27. The first-order valence-electron chi connectivity index (χ1n) is 9.11. The molecule has 0 saturated carbocycles. The number of aromatic amines is 1. The minimum atomic E-state index is -0.250. The molecule has 4 rings (SSSR count). The second-order valence-corrected chi connectivity index (χ2v) is 6.89. The smallest absolute Gasteiger partial charge is 0.138 e. The number of rotatable bonds is 6. The number of hydrogen-bond donors (Lipinski definition) is 2. The first-order chi connectivity index (χ1) is 13.6. The largest absolute Gasteiger partial charge is 0.490 e. The highest BCUT2D eigenvalue weighted by Gasteiger charge is 2.08. The van der Waals surface area contributed by atoms with Gasteiger partial charge >= 0.3 is 0 Å². The Hall–Kier alpha value is -3.25. The van der Waals surface area contributed by atoms with Gasteiger partial charge in [-0.3, -0.25) is 10.1 Å². The lowest BCUT2D eigenvalue weighted by Crippen LogP contribution is -2.30. The Morgan fingerprint density at radius 3 is 2.71 bits per heavy atom. The monoisotopic (exact) mass is 376 g/mol. The van der Waals surface area contributed by atoms with E-state index in [-0.39, 0.29) is 11.9 Å². The molecule has 142 valence electrons. The molecular weight excluding hydrogens is 355 g/mol. The molecular formula is C22H21FN4O. The fourth-order valence-corrected chi connectivity index (χ4v) is 3.16. The van der Waals surface area contributed by atoms with Gasteiger partial charge in [-0.2, -0.15) is 5.10 Å². The van der Waals surface area contributed by atoms with E-state index in [1.54, 1.807) is 18.3 Å². The summed E-state index contributed by atoms with van der Waals surface area (Å²) in [6, 6.07) is 14.2. The number of aryl methyl sites for hydroxylation is 1. The summed E-state index contributed by atoms with van der Waals surface area (Å²) in [6.07, 6.45) is 4.10. The normalized spacial score (nSPS) is 12.2. The number of H-pyrrole nitrogens is 1. The predicted molar refractivity (Wildman–Crippen MR) is 108 cm³/mol. The third-order valence-electron chi connectivity index (χ3n) is 4.67. The zero-order chi connectivity index (χ0) is 19.5. The van der Waals surface area contributed by atoms with E-state index >= 15 is 0 Å². The number of halogens is 1. The first-order valence-corrected chi connectivity index (χ1v) is 9.11. The number of hydrogen-bond acceptors (Lipinski definition) is 4. The molecule has 1 atom stereocenters. The molecule has 4 aromatic rings. The highest BCUT2D eigenvalue weighted by molar-refractivity contribution is 5.86. The molecule has 2 aromatic carbocycles. The van der Waals surface area contributed by atoms with E-state index in [1.807, 2.05) is 31.3 Å². The molecule has 0 amide bonds. The number of nitrogens with one attached hydrogen (secondary N) is 1. The molecule has 0 fully saturated rings. The second-order valence-electron chi connectivity index (χ2n) is 6.89. The molecule has 0 radical (unpaired) electrons. The Morgan fingerprint density at radius 1 is 1.07 bits per heavy atom. The van der Waals surface area contributed by atoms with Gasteiger partial charge in [0.1, 0.15) is 18.2 Å². The third kappa shape index (κ3) is 4.02. The van der Waals surface area contributed by atoms with Gasteiger partial charge in [-0.25, -0.2) is 4.39 Å². The Labute approximate surface area is 162 Å². The first kappa shape index (κ1) is 18.1. The van der Waals surface area contributed by atoms with Crippen LogP contribution in [0.1, 0.15) is 11.3 Å². The number of pyridine rings is 1. The minimum absolute atomic E-state index is 0.195. The maximum absolute atomic E-state index is 13.0. The summed E-state index contributed by atoms with van der Waals surface area (Å²) < 4.78 is 18.8. The van der Waals surface area contributed by atoms with Gasteiger partial charge in [0.05, 0.1) is 11.7 Å². The van der Waals surface area contributed by atoms with Gasteiger partial charge in [0.25, 0.3) is 0 Å². The van der Waals surface area contributed by atoms with Crippen LogP contribution in [0.3, 0.4) is 0 Å². The Balaban J connectivity index is 1.44. The maximum Gasteiger partial charge on any atom is 0.138 e. The van der Waals surface area contributed by atoms with Crippen molar-refractivity contribution in [3.8, 4) is 16.9 Å². The third-order valence-corrected chi connectivity index (χ3v) is 4.67. The Morgan fingerprint density at radius 2 is 1.89 bits per heavy atom. The molecule has 6 heteroatoms. The molecule has 0 aliphatic heterocycles. The molecule has 0 aliphatic carbocycles. The van der Waals surface area contributed by atoms with Crippen LogP contribution < -0.4 is 10.5 Å². The summed E-state index contributed by atoms with van der Waals surface area (Å²) in [5.74, 6) is 0.413. The highest BCUT2D eigenvalue weighted by atomic mass is 19.1. The van der Waals surface area contributed by atoms with Crippen LogP contribution in [0, 0.1) is 12.7 Å². The lowest BCUT2D eigenvalue weighted by atomic mass is 10.0. The molecule has 28 heavy (non-hydrogen) atoms. The Bertz CT molecular complexity index is 1090. The maximum atomic E-state index is 13.0. The fourth-order valence-electron chi connectivity index (χ4n) is 3.16. The lowest BCUT2D eigenvalue weighted by Gasteiger charge is -2.14.